The SMILES string of the molecule is O=C(O)C=CCn1cc(CC(=O)O)c2ccccc21. The number of carboxylic acid groups (broad SMARTS) is 2. The van der Waals surface area contributed by atoms with Gasteiger partial charge in [0.15, 0.2) is 0 Å². The van der Waals surface area contributed by atoms with Crippen LogP contribution in [0.2, 0.25) is 0 Å². The Morgan fingerprint density at radius 3 is 2.63 bits per heavy atom. The van der Waals surface area contributed by atoms with E-state index >= 15 is 0 Å². The standard InChI is InChI=1S/C14H13NO4/c16-13(17)6-3-7-15-9-10(8-14(18)19)11-4-1-2-5-12(11)15/h1-6,9H,7-8H2,(H,16,17)(H,18,19). The number of rotatable bonds is 5. The highest BCUT2D eigenvalue weighted by Crippen LogP contribution is 2.21. The summed E-state index contributed by atoms with van der Waals surface area (Å²) >= 11 is 0. The maximum atomic E-state index is 10.8. The van der Waals surface area contributed by atoms with Crippen LogP contribution in [0.3, 0.4) is 0 Å². The number of carboxylic acids is 2. The van der Waals surface area contributed by atoms with E-state index in [-0.39, 0.29) is 6.42 Å². The van der Waals surface area contributed by atoms with Crippen LogP contribution in [0.1, 0.15) is 5.56 Å². The molecule has 19 heavy (non-hydrogen) atoms. The van der Waals surface area contributed by atoms with Crippen LogP contribution >= 0.6 is 0 Å². The summed E-state index contributed by atoms with van der Waals surface area (Å²) in [5.41, 5.74) is 1.63. The molecule has 0 amide bonds. The van der Waals surface area contributed by atoms with Crippen LogP contribution in [0, 0.1) is 0 Å². The highest BCUT2D eigenvalue weighted by Gasteiger charge is 2.10. The highest BCUT2D eigenvalue weighted by molar-refractivity contribution is 5.87. The number of carbonyl (C=O) groups is 2. The molecule has 2 N–H and O–H groups in total. The molecular formula is C14H13NO4. The predicted molar refractivity (Wildman–Crippen MR) is 70.1 cm³/mol. The molecule has 0 saturated heterocycles. The topological polar surface area (TPSA) is 79.5 Å². The molecule has 1 heterocycles. The average Bonchev–Trinajstić information content (AvgIpc) is 2.67. The number of benzene rings is 1. The minimum absolute atomic E-state index is 0.0455. The van der Waals surface area contributed by atoms with Crippen LogP contribution in [0.25, 0.3) is 10.9 Å². The van der Waals surface area contributed by atoms with Crippen molar-refractivity contribution in [2.24, 2.45) is 0 Å². The van der Waals surface area contributed by atoms with Gasteiger partial charge in [0, 0.05) is 29.7 Å². The van der Waals surface area contributed by atoms with Gasteiger partial charge in [-0.05, 0) is 11.6 Å². The van der Waals surface area contributed by atoms with E-state index in [1.54, 1.807) is 6.20 Å². The van der Waals surface area contributed by atoms with E-state index in [1.807, 2.05) is 28.8 Å². The fourth-order valence-electron chi connectivity index (χ4n) is 2.04. The van der Waals surface area contributed by atoms with Crippen molar-refractivity contribution in [1.29, 1.82) is 0 Å². The van der Waals surface area contributed by atoms with E-state index < -0.39 is 11.9 Å². The molecule has 0 atom stereocenters. The number of allylic oxidation sites excluding steroid dienone is 1. The number of fused-ring (bicyclic) bond motifs is 1. The molecule has 0 radical (unpaired) electrons. The average molecular weight is 259 g/mol. The van der Waals surface area contributed by atoms with Crippen LogP contribution in [-0.2, 0) is 22.6 Å². The van der Waals surface area contributed by atoms with Crippen molar-refractivity contribution in [3.05, 3.63) is 48.2 Å². The molecule has 0 saturated carbocycles. The third-order valence-corrected chi connectivity index (χ3v) is 2.78. The van der Waals surface area contributed by atoms with Crippen LogP contribution in [-0.4, -0.2) is 26.7 Å². The molecule has 5 heteroatoms. The fraction of sp³-hybridized carbons (Fsp3) is 0.143. The first-order valence-electron chi connectivity index (χ1n) is 5.76. The van der Waals surface area contributed by atoms with E-state index in [2.05, 4.69) is 0 Å². The Bertz CT molecular complexity index is 655. The lowest BCUT2D eigenvalue weighted by Gasteiger charge is -1.99. The van der Waals surface area contributed by atoms with Gasteiger partial charge in [0.2, 0.25) is 0 Å². The second kappa shape index (κ2) is 5.39. The summed E-state index contributed by atoms with van der Waals surface area (Å²) in [6.07, 6.45) is 4.31. The van der Waals surface area contributed by atoms with E-state index in [4.69, 9.17) is 10.2 Å². The van der Waals surface area contributed by atoms with Crippen molar-refractivity contribution in [1.82, 2.24) is 4.57 Å². The number of nitrogens with zero attached hydrogens (tertiary/aromatic N) is 1. The molecule has 5 nitrogen and oxygen atoms in total. The smallest absolute Gasteiger partial charge is 0.328 e. The normalized spacial score (nSPS) is 11.2. The van der Waals surface area contributed by atoms with Gasteiger partial charge in [0.05, 0.1) is 6.42 Å². The molecule has 0 bridgehead atoms. The molecule has 1 aromatic heterocycles. The summed E-state index contributed by atoms with van der Waals surface area (Å²) in [7, 11) is 0. The Morgan fingerprint density at radius 2 is 1.95 bits per heavy atom. The van der Waals surface area contributed by atoms with Gasteiger partial charge in [-0.3, -0.25) is 4.79 Å². The molecule has 1 aromatic carbocycles. The maximum Gasteiger partial charge on any atom is 0.328 e. The summed E-state index contributed by atoms with van der Waals surface area (Å²) in [5, 5.41) is 18.3. The first kappa shape index (κ1) is 12.9. The first-order valence-corrected chi connectivity index (χ1v) is 5.76. The molecule has 2 rings (SSSR count). The Labute approximate surface area is 109 Å². The van der Waals surface area contributed by atoms with Crippen LogP contribution in [0.15, 0.2) is 42.6 Å². The summed E-state index contributed by atoms with van der Waals surface area (Å²) in [5.74, 6) is -1.88. The van der Waals surface area contributed by atoms with Crippen molar-refractivity contribution in [2.75, 3.05) is 0 Å². The summed E-state index contributed by atoms with van der Waals surface area (Å²) < 4.78 is 1.84. The Kier molecular flexibility index (Phi) is 3.66. The number of para-hydroxylation sites is 1. The fourth-order valence-corrected chi connectivity index (χ4v) is 2.04. The lowest BCUT2D eigenvalue weighted by Crippen LogP contribution is -1.99. The lowest BCUT2D eigenvalue weighted by molar-refractivity contribution is -0.136. The summed E-state index contributed by atoms with van der Waals surface area (Å²) in [4.78, 5) is 21.3. The van der Waals surface area contributed by atoms with Gasteiger partial charge in [-0.15, -0.1) is 0 Å². The second-order valence-electron chi connectivity index (χ2n) is 4.13. The quantitative estimate of drug-likeness (QED) is 0.804. The lowest BCUT2D eigenvalue weighted by atomic mass is 10.1. The monoisotopic (exact) mass is 259 g/mol. The zero-order chi connectivity index (χ0) is 13.8. The van der Waals surface area contributed by atoms with Gasteiger partial charge in [0.1, 0.15) is 0 Å². The number of hydrogen-bond acceptors (Lipinski definition) is 2. The molecule has 0 aliphatic rings. The van der Waals surface area contributed by atoms with Crippen molar-refractivity contribution in [3.63, 3.8) is 0 Å². The van der Waals surface area contributed by atoms with E-state index in [9.17, 15) is 9.59 Å². The van der Waals surface area contributed by atoms with Crippen molar-refractivity contribution in [2.45, 2.75) is 13.0 Å². The van der Waals surface area contributed by atoms with Gasteiger partial charge in [-0.1, -0.05) is 24.3 Å². The van der Waals surface area contributed by atoms with Crippen molar-refractivity contribution in [3.8, 4) is 0 Å². The maximum absolute atomic E-state index is 10.8. The van der Waals surface area contributed by atoms with Crippen LogP contribution < -0.4 is 0 Å². The Hall–Kier alpha value is -2.56. The van der Waals surface area contributed by atoms with Crippen LogP contribution in [0.4, 0.5) is 0 Å². The Morgan fingerprint density at radius 1 is 1.21 bits per heavy atom. The highest BCUT2D eigenvalue weighted by atomic mass is 16.4. The number of hydrogen-bond donors (Lipinski definition) is 2. The second-order valence-corrected chi connectivity index (χ2v) is 4.13. The van der Waals surface area contributed by atoms with E-state index in [1.165, 1.54) is 6.08 Å². The van der Waals surface area contributed by atoms with Gasteiger partial charge in [-0.25, -0.2) is 4.79 Å². The molecule has 0 spiro atoms. The molecular weight excluding hydrogens is 246 g/mol. The molecule has 98 valence electrons. The minimum Gasteiger partial charge on any atom is -0.481 e. The molecule has 0 aliphatic carbocycles. The zero-order valence-corrected chi connectivity index (χ0v) is 10.1. The van der Waals surface area contributed by atoms with E-state index in [0.717, 1.165) is 22.5 Å². The van der Waals surface area contributed by atoms with Crippen LogP contribution in [0.5, 0.6) is 0 Å². The molecule has 0 aliphatic heterocycles. The molecule has 0 fully saturated rings. The predicted octanol–water partition coefficient (Wildman–Crippen LogP) is 1.91. The van der Waals surface area contributed by atoms with Gasteiger partial charge >= 0.3 is 11.9 Å². The largest absolute Gasteiger partial charge is 0.481 e. The van der Waals surface area contributed by atoms with Crippen molar-refractivity contribution < 1.29 is 19.8 Å². The minimum atomic E-state index is -0.998. The van der Waals surface area contributed by atoms with Gasteiger partial charge < -0.3 is 14.8 Å². The summed E-state index contributed by atoms with van der Waals surface area (Å²) in [6, 6.07) is 7.47. The van der Waals surface area contributed by atoms with Crippen molar-refractivity contribution >= 4 is 22.8 Å². The molecule has 2 aromatic rings. The number of aromatic nitrogens is 1. The Balaban J connectivity index is 2.38. The van der Waals surface area contributed by atoms with Gasteiger partial charge in [-0.2, -0.15) is 0 Å². The molecule has 0 unspecified atom stereocenters. The first-order chi connectivity index (χ1) is 9.08. The zero-order valence-electron chi connectivity index (χ0n) is 10.1. The summed E-state index contributed by atoms with van der Waals surface area (Å²) in [6.45, 7) is 0.395. The van der Waals surface area contributed by atoms with Gasteiger partial charge in [0.25, 0.3) is 0 Å². The third-order valence-electron chi connectivity index (χ3n) is 2.78. The van der Waals surface area contributed by atoms with E-state index in [0.29, 0.717) is 6.54 Å². The number of aliphatic carboxylic acids is 2. The third kappa shape index (κ3) is 3.01.